The molecule has 4 nitrogen and oxygen atoms in total. The Morgan fingerprint density at radius 3 is 2.58 bits per heavy atom. The normalized spacial score (nSPS) is 20.5. The van der Waals surface area contributed by atoms with E-state index in [-0.39, 0.29) is 22.1 Å². The fourth-order valence-electron chi connectivity index (χ4n) is 2.14. The number of fused-ring (bicyclic) bond motifs is 2. The molecular weight excluding hydrogens is 262 g/mol. The first-order valence-electron chi connectivity index (χ1n) is 5.53. The van der Waals surface area contributed by atoms with Crippen LogP contribution in [0.25, 0.3) is 0 Å². The van der Waals surface area contributed by atoms with Crippen molar-refractivity contribution in [2.24, 2.45) is 0 Å². The molecule has 1 unspecified atom stereocenters. The smallest absolute Gasteiger partial charge is 0.197 e. The Morgan fingerprint density at radius 2 is 1.84 bits per heavy atom. The minimum Gasteiger partial charge on any atom is -0.296 e. The van der Waals surface area contributed by atoms with E-state index in [0.29, 0.717) is 16.7 Å². The molecule has 1 aromatic carbocycles. The third kappa shape index (κ3) is 1.55. The highest BCUT2D eigenvalue weighted by Crippen LogP contribution is 2.32. The molecule has 1 atom stereocenters. The monoisotopic (exact) mass is 271 g/mol. The molecule has 19 heavy (non-hydrogen) atoms. The molecule has 94 valence electrons. The summed E-state index contributed by atoms with van der Waals surface area (Å²) in [6, 6.07) is 9.57. The zero-order valence-electron chi connectivity index (χ0n) is 9.83. The minimum absolute atomic E-state index is 0.0980. The SMILES string of the molecule is C=S1(=O)c2ccccc2C(=O)c2ccc(C=O)nc21. The van der Waals surface area contributed by atoms with Gasteiger partial charge in [0.1, 0.15) is 10.7 Å². The van der Waals surface area contributed by atoms with Gasteiger partial charge in [-0.1, -0.05) is 12.1 Å². The molecule has 0 radical (unpaired) electrons. The molecule has 0 amide bonds. The summed E-state index contributed by atoms with van der Waals surface area (Å²) in [5, 5.41) is 0.0980. The van der Waals surface area contributed by atoms with Gasteiger partial charge in [0, 0.05) is 20.0 Å². The maximum Gasteiger partial charge on any atom is 0.197 e. The third-order valence-electron chi connectivity index (χ3n) is 3.05. The highest BCUT2D eigenvalue weighted by molar-refractivity contribution is 8.00. The standard InChI is InChI=1S/C14H9NO3S/c1-19(18)12-5-3-2-4-10(12)13(17)11-7-6-9(8-16)15-14(11)19/h2-8H,1H2. The zero-order valence-corrected chi connectivity index (χ0v) is 10.6. The Balaban J connectivity index is 2.42. The molecule has 0 aliphatic carbocycles. The number of hydrogen-bond donors (Lipinski definition) is 0. The highest BCUT2D eigenvalue weighted by Gasteiger charge is 2.31. The number of nitrogens with zero attached hydrogens (tertiary/aromatic N) is 1. The third-order valence-corrected chi connectivity index (χ3v) is 5.05. The average Bonchev–Trinajstić information content (AvgIpc) is 2.45. The quantitative estimate of drug-likeness (QED) is 0.498. The van der Waals surface area contributed by atoms with Gasteiger partial charge in [-0.3, -0.25) is 13.8 Å². The van der Waals surface area contributed by atoms with Crippen LogP contribution in [0.2, 0.25) is 0 Å². The van der Waals surface area contributed by atoms with E-state index >= 15 is 0 Å². The van der Waals surface area contributed by atoms with Gasteiger partial charge >= 0.3 is 0 Å². The van der Waals surface area contributed by atoms with E-state index in [2.05, 4.69) is 10.9 Å². The van der Waals surface area contributed by atoms with Crippen LogP contribution < -0.4 is 0 Å². The van der Waals surface area contributed by atoms with Gasteiger partial charge in [0.25, 0.3) is 0 Å². The maximum absolute atomic E-state index is 12.8. The van der Waals surface area contributed by atoms with Crippen LogP contribution in [0.5, 0.6) is 0 Å². The van der Waals surface area contributed by atoms with Crippen LogP contribution in [0.15, 0.2) is 46.3 Å². The maximum atomic E-state index is 12.8. The van der Waals surface area contributed by atoms with Crippen molar-refractivity contribution in [3.8, 4) is 0 Å². The summed E-state index contributed by atoms with van der Waals surface area (Å²) in [6.45, 7) is 0. The Labute approximate surface area is 110 Å². The molecule has 3 rings (SSSR count). The minimum atomic E-state index is -2.86. The predicted molar refractivity (Wildman–Crippen MR) is 71.3 cm³/mol. The van der Waals surface area contributed by atoms with Gasteiger partial charge in [0.2, 0.25) is 0 Å². The number of aldehydes is 1. The first-order valence-corrected chi connectivity index (χ1v) is 7.25. The van der Waals surface area contributed by atoms with Gasteiger partial charge in [-0.25, -0.2) is 4.98 Å². The fraction of sp³-hybridized carbons (Fsp3) is 0. The van der Waals surface area contributed by atoms with Crippen molar-refractivity contribution in [2.75, 3.05) is 0 Å². The molecule has 0 saturated carbocycles. The number of benzene rings is 1. The van der Waals surface area contributed by atoms with E-state index in [4.69, 9.17) is 0 Å². The Bertz CT molecular complexity index is 822. The summed E-state index contributed by atoms with van der Waals surface area (Å²) in [6.07, 6.45) is 0.556. The van der Waals surface area contributed by atoms with Crippen molar-refractivity contribution in [3.63, 3.8) is 0 Å². The van der Waals surface area contributed by atoms with Gasteiger partial charge in [-0.2, -0.15) is 0 Å². The molecule has 1 aliphatic heterocycles. The molecule has 1 aliphatic rings. The van der Waals surface area contributed by atoms with E-state index in [0.717, 1.165) is 0 Å². The lowest BCUT2D eigenvalue weighted by molar-refractivity contribution is 0.102. The number of rotatable bonds is 1. The van der Waals surface area contributed by atoms with Crippen molar-refractivity contribution in [1.82, 2.24) is 4.98 Å². The molecule has 1 aromatic heterocycles. The van der Waals surface area contributed by atoms with Crippen LogP contribution in [0.1, 0.15) is 26.4 Å². The first-order chi connectivity index (χ1) is 9.05. The van der Waals surface area contributed by atoms with E-state index < -0.39 is 9.52 Å². The van der Waals surface area contributed by atoms with Crippen LogP contribution in [-0.4, -0.2) is 27.1 Å². The van der Waals surface area contributed by atoms with Crippen molar-refractivity contribution in [3.05, 3.63) is 53.2 Å². The van der Waals surface area contributed by atoms with Crippen LogP contribution >= 0.6 is 0 Å². The number of ketones is 1. The van der Waals surface area contributed by atoms with Crippen molar-refractivity contribution in [2.45, 2.75) is 9.92 Å². The molecule has 2 heterocycles. The summed E-state index contributed by atoms with van der Waals surface area (Å²) < 4.78 is 12.8. The van der Waals surface area contributed by atoms with Gasteiger partial charge in [-0.05, 0) is 30.1 Å². The number of carbonyl (C=O) groups is 2. The van der Waals surface area contributed by atoms with Crippen molar-refractivity contribution >= 4 is 27.5 Å². The lowest BCUT2D eigenvalue weighted by Gasteiger charge is -2.21. The summed E-state index contributed by atoms with van der Waals surface area (Å²) in [4.78, 5) is 27.5. The molecule has 0 N–H and O–H groups in total. The lowest BCUT2D eigenvalue weighted by atomic mass is 10.0. The summed E-state index contributed by atoms with van der Waals surface area (Å²) in [5.41, 5.74) is 0.780. The number of pyridine rings is 1. The highest BCUT2D eigenvalue weighted by atomic mass is 32.2. The molecule has 2 aromatic rings. The van der Waals surface area contributed by atoms with Crippen LogP contribution in [0.3, 0.4) is 0 Å². The predicted octanol–water partition coefficient (Wildman–Crippen LogP) is 1.57. The largest absolute Gasteiger partial charge is 0.296 e. The van der Waals surface area contributed by atoms with Gasteiger partial charge in [0.05, 0.1) is 5.56 Å². The van der Waals surface area contributed by atoms with E-state index in [1.807, 2.05) is 0 Å². The lowest BCUT2D eigenvalue weighted by Crippen LogP contribution is -2.21. The second kappa shape index (κ2) is 3.86. The topological polar surface area (TPSA) is 64.1 Å². The van der Waals surface area contributed by atoms with Gasteiger partial charge < -0.3 is 0 Å². The molecule has 0 saturated heterocycles. The Kier molecular flexibility index (Phi) is 2.40. The number of hydrogen-bond acceptors (Lipinski definition) is 4. The van der Waals surface area contributed by atoms with Gasteiger partial charge in [0.15, 0.2) is 12.1 Å². The van der Waals surface area contributed by atoms with Gasteiger partial charge in [-0.15, -0.1) is 0 Å². The Morgan fingerprint density at radius 1 is 1.11 bits per heavy atom. The second-order valence-corrected chi connectivity index (χ2v) is 6.38. The molecular formula is C14H9NO3S. The zero-order chi connectivity index (χ0) is 13.6. The molecule has 0 bridgehead atoms. The van der Waals surface area contributed by atoms with Crippen molar-refractivity contribution in [1.29, 1.82) is 0 Å². The molecule has 0 fully saturated rings. The van der Waals surface area contributed by atoms with E-state index in [1.54, 1.807) is 24.3 Å². The summed E-state index contributed by atoms with van der Waals surface area (Å²) in [7, 11) is -2.86. The summed E-state index contributed by atoms with van der Waals surface area (Å²) in [5.74, 6) is 3.48. The van der Waals surface area contributed by atoms with Crippen LogP contribution in [0.4, 0.5) is 0 Å². The van der Waals surface area contributed by atoms with Crippen LogP contribution in [0, 0.1) is 0 Å². The average molecular weight is 271 g/mol. The van der Waals surface area contributed by atoms with E-state index in [9.17, 15) is 13.8 Å². The number of carbonyl (C=O) groups excluding carboxylic acids is 2. The Hall–Kier alpha value is -2.27. The second-order valence-electron chi connectivity index (χ2n) is 4.21. The fourth-order valence-corrected chi connectivity index (χ4v) is 3.93. The molecule has 5 heteroatoms. The number of aromatic nitrogens is 1. The van der Waals surface area contributed by atoms with Crippen molar-refractivity contribution < 1.29 is 13.8 Å². The first kappa shape index (κ1) is 11.8. The molecule has 0 spiro atoms. The van der Waals surface area contributed by atoms with E-state index in [1.165, 1.54) is 12.1 Å². The summed E-state index contributed by atoms with van der Waals surface area (Å²) >= 11 is 0. The van der Waals surface area contributed by atoms with Crippen LogP contribution in [-0.2, 0) is 9.52 Å².